The fourth-order valence-corrected chi connectivity index (χ4v) is 4.33. The first-order valence-electron chi connectivity index (χ1n) is 8.00. The first-order valence-corrected chi connectivity index (χ1v) is 8.82. The highest BCUT2D eigenvalue weighted by molar-refractivity contribution is 7.13. The molecular weight excluding hydrogens is 312 g/mol. The maximum absolute atomic E-state index is 12.6. The Morgan fingerprint density at radius 1 is 1.43 bits per heavy atom. The van der Waals surface area contributed by atoms with Crippen molar-refractivity contribution in [1.29, 1.82) is 0 Å². The van der Waals surface area contributed by atoms with Gasteiger partial charge >= 0.3 is 0 Å². The zero-order chi connectivity index (χ0) is 16.0. The molecular formula is C16H20N4O2S. The minimum Gasteiger partial charge on any atom is -0.365 e. The summed E-state index contributed by atoms with van der Waals surface area (Å²) in [5.74, 6) is 2.17. The van der Waals surface area contributed by atoms with Crippen LogP contribution >= 0.6 is 11.3 Å². The molecule has 0 radical (unpaired) electrons. The third-order valence-electron chi connectivity index (χ3n) is 4.69. The smallest absolute Gasteiger partial charge is 0.264 e. The Balaban J connectivity index is 1.44. The van der Waals surface area contributed by atoms with E-state index in [-0.39, 0.29) is 18.1 Å². The Bertz CT molecular complexity index is 725. The van der Waals surface area contributed by atoms with Crippen LogP contribution in [0.5, 0.6) is 0 Å². The molecule has 0 unspecified atom stereocenters. The van der Waals surface area contributed by atoms with Crippen molar-refractivity contribution in [3.63, 3.8) is 0 Å². The predicted molar refractivity (Wildman–Crippen MR) is 86.4 cm³/mol. The van der Waals surface area contributed by atoms with Gasteiger partial charge in [-0.05, 0) is 44.7 Å². The number of ether oxygens (including phenoxy) is 1. The summed E-state index contributed by atoms with van der Waals surface area (Å²) in [6.07, 6.45) is 1.98. The summed E-state index contributed by atoms with van der Waals surface area (Å²) >= 11 is 1.56. The van der Waals surface area contributed by atoms with E-state index in [4.69, 9.17) is 4.74 Å². The van der Waals surface area contributed by atoms with Crippen LogP contribution in [0.3, 0.4) is 0 Å². The molecule has 7 heteroatoms. The van der Waals surface area contributed by atoms with Crippen LogP contribution in [0.2, 0.25) is 0 Å². The minimum absolute atomic E-state index is 0.0472. The van der Waals surface area contributed by atoms with Gasteiger partial charge in [-0.15, -0.1) is 11.3 Å². The summed E-state index contributed by atoms with van der Waals surface area (Å²) in [6, 6.07) is 3.92. The first kappa shape index (κ1) is 14.8. The lowest BCUT2D eigenvalue weighted by molar-refractivity contribution is -0.00670. The molecule has 122 valence electrons. The van der Waals surface area contributed by atoms with Crippen LogP contribution in [-0.4, -0.2) is 45.2 Å². The number of aromatic nitrogens is 3. The van der Waals surface area contributed by atoms with Gasteiger partial charge in [-0.1, -0.05) is 0 Å². The van der Waals surface area contributed by atoms with Crippen LogP contribution < -0.4 is 0 Å². The number of nitrogens with one attached hydrogen (secondary N) is 1. The number of likely N-dealkylation sites (tertiary alicyclic amines) is 1. The fourth-order valence-electron chi connectivity index (χ4n) is 3.49. The summed E-state index contributed by atoms with van der Waals surface area (Å²) in [5.41, 5.74) is 0. The lowest BCUT2D eigenvalue weighted by Crippen LogP contribution is -2.45. The number of carbonyl (C=O) groups excluding carboxylic acids is 1. The number of nitrogens with zero attached hydrogens (tertiary/aromatic N) is 3. The van der Waals surface area contributed by atoms with Crippen LogP contribution in [-0.2, 0) is 4.74 Å². The second-order valence-corrected chi connectivity index (χ2v) is 7.68. The van der Waals surface area contributed by atoms with Gasteiger partial charge in [0.2, 0.25) is 0 Å². The molecule has 2 fully saturated rings. The van der Waals surface area contributed by atoms with E-state index in [0.29, 0.717) is 12.5 Å². The average molecular weight is 332 g/mol. The number of carbonyl (C=O) groups is 1. The fraction of sp³-hybridized carbons (Fsp3) is 0.562. The van der Waals surface area contributed by atoms with Crippen molar-refractivity contribution in [3.05, 3.63) is 33.5 Å². The number of H-pyrrole nitrogens is 1. The second kappa shape index (κ2) is 5.72. The highest BCUT2D eigenvalue weighted by atomic mass is 32.1. The highest BCUT2D eigenvalue weighted by Gasteiger charge is 2.42. The first-order chi connectivity index (χ1) is 11.1. The van der Waals surface area contributed by atoms with E-state index in [2.05, 4.69) is 15.2 Å². The molecule has 0 bridgehead atoms. The summed E-state index contributed by atoms with van der Waals surface area (Å²) in [6.45, 7) is 5.39. The van der Waals surface area contributed by atoms with E-state index in [1.807, 2.05) is 30.9 Å². The number of aryl methyl sites for hydroxylation is 2. The number of fused-ring (bicyclic) bond motifs is 1. The van der Waals surface area contributed by atoms with Gasteiger partial charge in [0.25, 0.3) is 5.91 Å². The van der Waals surface area contributed by atoms with Gasteiger partial charge in [-0.3, -0.25) is 9.89 Å². The predicted octanol–water partition coefficient (Wildman–Crippen LogP) is 2.48. The Hall–Kier alpha value is -1.73. The molecule has 2 saturated heterocycles. The molecule has 4 heterocycles. The molecule has 23 heavy (non-hydrogen) atoms. The highest BCUT2D eigenvalue weighted by Crippen LogP contribution is 2.40. The quantitative estimate of drug-likeness (QED) is 0.917. The van der Waals surface area contributed by atoms with Gasteiger partial charge in [0.15, 0.2) is 5.82 Å². The van der Waals surface area contributed by atoms with Crippen molar-refractivity contribution in [2.45, 2.75) is 38.9 Å². The van der Waals surface area contributed by atoms with Crippen molar-refractivity contribution in [3.8, 4) is 0 Å². The zero-order valence-corrected chi connectivity index (χ0v) is 14.1. The maximum atomic E-state index is 12.6. The molecule has 4 rings (SSSR count). The van der Waals surface area contributed by atoms with E-state index in [1.165, 1.54) is 4.88 Å². The maximum Gasteiger partial charge on any atom is 0.264 e. The Labute approximate surface area is 138 Å². The third-order valence-corrected chi connectivity index (χ3v) is 5.68. The second-order valence-electron chi connectivity index (χ2n) is 6.39. The molecule has 1 N–H and O–H groups in total. The summed E-state index contributed by atoms with van der Waals surface area (Å²) < 4.78 is 6.15. The molecule has 2 aliphatic rings. The van der Waals surface area contributed by atoms with Crippen molar-refractivity contribution in [2.75, 3.05) is 13.1 Å². The summed E-state index contributed by atoms with van der Waals surface area (Å²) in [7, 11) is 0. The van der Waals surface area contributed by atoms with E-state index in [0.717, 1.165) is 35.9 Å². The molecule has 6 nitrogen and oxygen atoms in total. The summed E-state index contributed by atoms with van der Waals surface area (Å²) in [4.78, 5) is 20.9. The van der Waals surface area contributed by atoms with E-state index >= 15 is 0 Å². The number of aromatic amines is 1. The molecule has 2 aliphatic heterocycles. The van der Waals surface area contributed by atoms with Crippen LogP contribution in [0, 0.1) is 19.8 Å². The van der Waals surface area contributed by atoms with Gasteiger partial charge < -0.3 is 9.64 Å². The zero-order valence-electron chi connectivity index (χ0n) is 13.3. The molecule has 2 aromatic heterocycles. The lowest BCUT2D eigenvalue weighted by Gasteiger charge is -2.33. The van der Waals surface area contributed by atoms with Crippen molar-refractivity contribution in [1.82, 2.24) is 20.1 Å². The standard InChI is InChI=1S/C16H20N4O2S/c1-9-3-4-14(23-9)16(21)20-6-5-11-7-12(22-13(11)8-20)15-17-10(2)18-19-15/h3-4,11-13H,5-8H2,1-2H3,(H,17,18,19)/t11-,12+,13+/m0/s1. The number of amides is 1. The minimum atomic E-state index is -0.0472. The number of hydrogen-bond donors (Lipinski definition) is 1. The SMILES string of the molecule is Cc1nc([C@H]2C[C@@H]3CCN(C(=O)c4ccc(C)s4)C[C@H]3O2)n[nH]1. The van der Waals surface area contributed by atoms with Crippen molar-refractivity contribution >= 4 is 17.2 Å². The number of hydrogen-bond acceptors (Lipinski definition) is 5. The Morgan fingerprint density at radius 3 is 3.00 bits per heavy atom. The van der Waals surface area contributed by atoms with Gasteiger partial charge in [0.1, 0.15) is 11.9 Å². The molecule has 0 spiro atoms. The van der Waals surface area contributed by atoms with E-state index in [9.17, 15) is 4.79 Å². The van der Waals surface area contributed by atoms with Gasteiger partial charge in [0, 0.05) is 18.0 Å². The topological polar surface area (TPSA) is 71.1 Å². The lowest BCUT2D eigenvalue weighted by atomic mass is 9.91. The Kier molecular flexibility index (Phi) is 3.69. The number of thiophene rings is 1. The Morgan fingerprint density at radius 2 is 2.30 bits per heavy atom. The average Bonchev–Trinajstić information content (AvgIpc) is 3.24. The molecule has 0 aliphatic carbocycles. The van der Waals surface area contributed by atoms with E-state index < -0.39 is 0 Å². The molecule has 3 atom stereocenters. The third kappa shape index (κ3) is 2.79. The van der Waals surface area contributed by atoms with Gasteiger partial charge in [-0.2, -0.15) is 5.10 Å². The van der Waals surface area contributed by atoms with Crippen LogP contribution in [0.4, 0.5) is 0 Å². The number of piperidine rings is 1. The van der Waals surface area contributed by atoms with Gasteiger partial charge in [-0.25, -0.2) is 4.98 Å². The largest absolute Gasteiger partial charge is 0.365 e. The van der Waals surface area contributed by atoms with Gasteiger partial charge in [0.05, 0.1) is 11.0 Å². The normalized spacial score (nSPS) is 27.2. The van der Waals surface area contributed by atoms with Crippen molar-refractivity contribution < 1.29 is 9.53 Å². The molecule has 2 aromatic rings. The molecule has 0 saturated carbocycles. The molecule has 0 aromatic carbocycles. The van der Waals surface area contributed by atoms with Crippen LogP contribution in [0.25, 0.3) is 0 Å². The van der Waals surface area contributed by atoms with Crippen LogP contribution in [0.15, 0.2) is 12.1 Å². The van der Waals surface area contributed by atoms with Crippen LogP contribution in [0.1, 0.15) is 45.1 Å². The summed E-state index contributed by atoms with van der Waals surface area (Å²) in [5, 5.41) is 7.09. The van der Waals surface area contributed by atoms with E-state index in [1.54, 1.807) is 11.3 Å². The molecule has 1 amide bonds. The monoisotopic (exact) mass is 332 g/mol. The van der Waals surface area contributed by atoms with Crippen molar-refractivity contribution in [2.24, 2.45) is 5.92 Å². The number of rotatable bonds is 2.